The molecule has 3 rings (SSSR count). The van der Waals surface area contributed by atoms with E-state index < -0.39 is 0 Å². The maximum absolute atomic E-state index is 12.7. The van der Waals surface area contributed by atoms with Gasteiger partial charge in [-0.05, 0) is 23.1 Å². The lowest BCUT2D eigenvalue weighted by Crippen LogP contribution is -2.22. The Hall–Kier alpha value is -2.04. The van der Waals surface area contributed by atoms with Crippen LogP contribution in [-0.4, -0.2) is 23.0 Å². The topological polar surface area (TPSA) is 49.7 Å². The number of hydrogen-bond donors (Lipinski definition) is 1. The number of carbonyl (C=O) groups excluding carboxylic acids is 1. The van der Waals surface area contributed by atoms with Crippen molar-refractivity contribution in [3.8, 4) is 0 Å². The van der Waals surface area contributed by atoms with Crippen LogP contribution in [0.2, 0.25) is 5.02 Å². The third kappa shape index (κ3) is 4.19. The van der Waals surface area contributed by atoms with Gasteiger partial charge in [0, 0.05) is 30.7 Å². The van der Waals surface area contributed by atoms with Crippen molar-refractivity contribution in [2.45, 2.75) is 24.5 Å². The average molecular weight is 386 g/mol. The van der Waals surface area contributed by atoms with Crippen molar-refractivity contribution in [3.63, 3.8) is 0 Å². The van der Waals surface area contributed by atoms with Gasteiger partial charge in [-0.3, -0.25) is 9.79 Å². The molecule has 0 fully saturated rings. The normalized spacial score (nSPS) is 18.3. The molecule has 2 aromatic rings. The SMILES string of the molecule is CN=C(SCc1ccccc1Cl)C1=C(O)CC(c2ccccc2)CC1=O. The van der Waals surface area contributed by atoms with E-state index in [0.29, 0.717) is 34.2 Å². The molecule has 0 aliphatic heterocycles. The largest absolute Gasteiger partial charge is 0.511 e. The quantitative estimate of drug-likeness (QED) is 0.553. The van der Waals surface area contributed by atoms with Gasteiger partial charge >= 0.3 is 0 Å². The van der Waals surface area contributed by atoms with E-state index in [9.17, 15) is 9.90 Å². The van der Waals surface area contributed by atoms with Crippen molar-refractivity contribution in [1.82, 2.24) is 0 Å². The summed E-state index contributed by atoms with van der Waals surface area (Å²) in [6.45, 7) is 0. The second kappa shape index (κ2) is 8.56. The molecule has 0 aromatic heterocycles. The summed E-state index contributed by atoms with van der Waals surface area (Å²) in [4.78, 5) is 17.0. The second-order valence-electron chi connectivity index (χ2n) is 6.17. The highest BCUT2D eigenvalue weighted by Crippen LogP contribution is 2.36. The molecule has 1 N–H and O–H groups in total. The molecule has 3 nitrogen and oxygen atoms in total. The predicted octanol–water partition coefficient (Wildman–Crippen LogP) is 5.56. The van der Waals surface area contributed by atoms with Crippen LogP contribution in [0.25, 0.3) is 0 Å². The van der Waals surface area contributed by atoms with E-state index in [0.717, 1.165) is 11.1 Å². The standard InChI is InChI=1S/C21H20ClNO2S/c1-23-21(26-13-15-9-5-6-10-17(15)22)20-18(24)11-16(12-19(20)25)14-7-3-2-4-8-14/h2-10,16,24H,11-13H2,1H3. The zero-order valence-corrected chi connectivity index (χ0v) is 16.1. The van der Waals surface area contributed by atoms with Crippen LogP contribution in [0.15, 0.2) is 70.9 Å². The summed E-state index contributed by atoms with van der Waals surface area (Å²) in [6, 6.07) is 17.4. The number of thioether (sulfide) groups is 1. The number of aliphatic hydroxyl groups is 1. The first-order chi connectivity index (χ1) is 12.6. The van der Waals surface area contributed by atoms with Crippen LogP contribution in [0.4, 0.5) is 0 Å². The number of Topliss-reactive ketones (excluding diaryl/α,β-unsaturated/α-hetero) is 1. The second-order valence-corrected chi connectivity index (χ2v) is 7.54. The number of rotatable bonds is 4. The van der Waals surface area contributed by atoms with Gasteiger partial charge in [-0.1, -0.05) is 60.1 Å². The monoisotopic (exact) mass is 385 g/mol. The molecule has 0 radical (unpaired) electrons. The zero-order chi connectivity index (χ0) is 18.5. The molecule has 134 valence electrons. The van der Waals surface area contributed by atoms with Gasteiger partial charge in [-0.25, -0.2) is 0 Å². The molecule has 2 aromatic carbocycles. The van der Waals surface area contributed by atoms with E-state index in [1.807, 2.05) is 54.6 Å². The Morgan fingerprint density at radius 1 is 1.15 bits per heavy atom. The molecule has 5 heteroatoms. The molecule has 0 saturated carbocycles. The summed E-state index contributed by atoms with van der Waals surface area (Å²) < 4.78 is 0. The Labute approximate surface area is 162 Å². The molecule has 1 aliphatic carbocycles. The Balaban J connectivity index is 1.78. The number of ketones is 1. The maximum atomic E-state index is 12.7. The number of allylic oxidation sites excluding steroid dienone is 1. The van der Waals surface area contributed by atoms with Gasteiger partial charge in [0.15, 0.2) is 5.78 Å². The van der Waals surface area contributed by atoms with Gasteiger partial charge in [-0.15, -0.1) is 11.8 Å². The van der Waals surface area contributed by atoms with E-state index in [2.05, 4.69) is 4.99 Å². The minimum atomic E-state index is -0.0603. The van der Waals surface area contributed by atoms with E-state index in [-0.39, 0.29) is 17.5 Å². The highest BCUT2D eigenvalue weighted by atomic mass is 35.5. The van der Waals surface area contributed by atoms with Crippen LogP contribution in [0, 0.1) is 0 Å². The van der Waals surface area contributed by atoms with Crippen LogP contribution in [0.1, 0.15) is 29.9 Å². The number of hydrogen-bond acceptors (Lipinski definition) is 4. The molecule has 26 heavy (non-hydrogen) atoms. The summed E-state index contributed by atoms with van der Waals surface area (Å²) in [5, 5.41) is 11.8. The summed E-state index contributed by atoms with van der Waals surface area (Å²) >= 11 is 7.63. The van der Waals surface area contributed by atoms with Crippen LogP contribution >= 0.6 is 23.4 Å². The van der Waals surface area contributed by atoms with Crippen LogP contribution in [0.5, 0.6) is 0 Å². The molecule has 1 aliphatic rings. The lowest BCUT2D eigenvalue weighted by atomic mass is 9.83. The Morgan fingerprint density at radius 2 is 1.85 bits per heavy atom. The lowest BCUT2D eigenvalue weighted by molar-refractivity contribution is -0.116. The molecule has 0 amide bonds. The number of aliphatic imine (C=N–C) groups is 1. The summed E-state index contributed by atoms with van der Waals surface area (Å²) in [6.07, 6.45) is 0.839. The van der Waals surface area contributed by atoms with Gasteiger partial charge < -0.3 is 5.11 Å². The van der Waals surface area contributed by atoms with Crippen molar-refractivity contribution < 1.29 is 9.90 Å². The predicted molar refractivity (Wildman–Crippen MR) is 109 cm³/mol. The third-order valence-electron chi connectivity index (χ3n) is 4.45. The van der Waals surface area contributed by atoms with Crippen molar-refractivity contribution in [1.29, 1.82) is 0 Å². The molecular formula is C21H20ClNO2S. The molecule has 1 atom stereocenters. The van der Waals surface area contributed by atoms with Gasteiger partial charge in [0.05, 0.1) is 5.57 Å². The number of halogens is 1. The van der Waals surface area contributed by atoms with E-state index in [4.69, 9.17) is 11.6 Å². The van der Waals surface area contributed by atoms with Crippen molar-refractivity contribution >= 4 is 34.2 Å². The highest BCUT2D eigenvalue weighted by Gasteiger charge is 2.31. The number of benzene rings is 2. The Morgan fingerprint density at radius 3 is 2.50 bits per heavy atom. The minimum absolute atomic E-state index is 0.0131. The van der Waals surface area contributed by atoms with Crippen molar-refractivity contribution in [2.75, 3.05) is 7.05 Å². The molecular weight excluding hydrogens is 366 g/mol. The van der Waals surface area contributed by atoms with Crippen molar-refractivity contribution in [3.05, 3.63) is 82.1 Å². The van der Waals surface area contributed by atoms with Gasteiger partial charge in [0.25, 0.3) is 0 Å². The number of nitrogens with zero attached hydrogens (tertiary/aromatic N) is 1. The van der Waals surface area contributed by atoms with Crippen LogP contribution in [0.3, 0.4) is 0 Å². The maximum Gasteiger partial charge on any atom is 0.169 e. The molecule has 1 unspecified atom stereocenters. The summed E-state index contributed by atoms with van der Waals surface area (Å²) in [5.74, 6) is 0.676. The summed E-state index contributed by atoms with van der Waals surface area (Å²) in [7, 11) is 1.64. The third-order valence-corrected chi connectivity index (χ3v) is 5.93. The van der Waals surface area contributed by atoms with Crippen LogP contribution in [-0.2, 0) is 10.5 Å². The van der Waals surface area contributed by atoms with E-state index >= 15 is 0 Å². The summed E-state index contributed by atoms with van der Waals surface area (Å²) in [5.41, 5.74) is 2.41. The van der Waals surface area contributed by atoms with E-state index in [1.165, 1.54) is 11.8 Å². The highest BCUT2D eigenvalue weighted by molar-refractivity contribution is 8.13. The van der Waals surface area contributed by atoms with Crippen molar-refractivity contribution in [2.24, 2.45) is 4.99 Å². The molecule has 0 spiro atoms. The van der Waals surface area contributed by atoms with E-state index in [1.54, 1.807) is 7.05 Å². The first kappa shape index (κ1) is 18.7. The molecule has 0 heterocycles. The molecule has 0 saturated heterocycles. The zero-order valence-electron chi connectivity index (χ0n) is 14.5. The van der Waals surface area contributed by atoms with Crippen LogP contribution < -0.4 is 0 Å². The fourth-order valence-corrected chi connectivity index (χ4v) is 4.44. The van der Waals surface area contributed by atoms with Gasteiger partial charge in [0.1, 0.15) is 10.8 Å². The fraction of sp³-hybridized carbons (Fsp3) is 0.238. The first-order valence-electron chi connectivity index (χ1n) is 8.43. The average Bonchev–Trinajstić information content (AvgIpc) is 2.65. The van der Waals surface area contributed by atoms with Gasteiger partial charge in [-0.2, -0.15) is 0 Å². The first-order valence-corrected chi connectivity index (χ1v) is 9.80. The van der Waals surface area contributed by atoms with Gasteiger partial charge in [0.2, 0.25) is 0 Å². The Kier molecular flexibility index (Phi) is 6.17. The smallest absolute Gasteiger partial charge is 0.169 e. The number of carbonyl (C=O) groups is 1. The fourth-order valence-electron chi connectivity index (χ4n) is 3.11. The number of aliphatic hydroxyl groups excluding tert-OH is 1. The Bertz CT molecular complexity index is 861. The molecule has 0 bridgehead atoms. The minimum Gasteiger partial charge on any atom is -0.511 e. The lowest BCUT2D eigenvalue weighted by Gasteiger charge is -2.24.